The van der Waals surface area contributed by atoms with Crippen molar-refractivity contribution in [3.05, 3.63) is 40.8 Å². The highest BCUT2D eigenvalue weighted by atomic mass is 32.1. The molecule has 7 heteroatoms. The molecule has 0 bridgehead atoms. The van der Waals surface area contributed by atoms with Crippen molar-refractivity contribution in [3.8, 4) is 6.07 Å². The summed E-state index contributed by atoms with van der Waals surface area (Å²) in [5.74, 6) is -0.180. The number of fused-ring (bicyclic) bond motifs is 1. The molecule has 0 spiro atoms. The minimum atomic E-state index is -0.463. The van der Waals surface area contributed by atoms with E-state index in [1.807, 2.05) is 24.3 Å². The second-order valence-corrected chi connectivity index (χ2v) is 6.47. The summed E-state index contributed by atoms with van der Waals surface area (Å²) in [5, 5.41) is 20.1. The third-order valence-corrected chi connectivity index (χ3v) is 4.63. The van der Waals surface area contributed by atoms with Gasteiger partial charge in [0.1, 0.15) is 17.1 Å². The van der Waals surface area contributed by atoms with E-state index in [0.717, 1.165) is 16.9 Å². The Kier molecular flexibility index (Phi) is 4.49. The first-order valence-electron chi connectivity index (χ1n) is 7.54. The maximum absolute atomic E-state index is 12.3. The molecular weight excluding hydrogens is 324 g/mol. The lowest BCUT2D eigenvalue weighted by molar-refractivity contribution is -0.117. The molecule has 24 heavy (non-hydrogen) atoms. The van der Waals surface area contributed by atoms with Crippen LogP contribution in [0.4, 0.5) is 16.4 Å². The first-order chi connectivity index (χ1) is 11.6. The first kappa shape index (κ1) is 16.0. The number of hydrogen-bond donors (Lipinski definition) is 3. The Bertz CT molecular complexity index is 837. The Labute approximate surface area is 143 Å². The van der Waals surface area contributed by atoms with E-state index in [1.54, 1.807) is 18.4 Å². The lowest BCUT2D eigenvalue weighted by Crippen LogP contribution is -2.32. The number of nitrogens with one attached hydrogen (secondary N) is 3. The number of benzene rings is 1. The van der Waals surface area contributed by atoms with Crippen molar-refractivity contribution in [1.82, 2.24) is 0 Å². The fourth-order valence-electron chi connectivity index (χ4n) is 2.50. The first-order valence-corrected chi connectivity index (χ1v) is 8.42. The number of carbonyl (C=O) groups is 2. The Morgan fingerprint density at radius 3 is 3.00 bits per heavy atom. The van der Waals surface area contributed by atoms with Gasteiger partial charge in [-0.3, -0.25) is 9.59 Å². The van der Waals surface area contributed by atoms with E-state index in [-0.39, 0.29) is 11.8 Å². The van der Waals surface area contributed by atoms with Crippen molar-refractivity contribution < 1.29 is 9.59 Å². The number of hydrogen-bond acceptors (Lipinski definition) is 5. The van der Waals surface area contributed by atoms with E-state index in [1.165, 1.54) is 11.3 Å². The summed E-state index contributed by atoms with van der Waals surface area (Å²) in [6.07, 6.45) is 1.17. The molecule has 0 saturated carbocycles. The van der Waals surface area contributed by atoms with Gasteiger partial charge in [0.2, 0.25) is 11.8 Å². The van der Waals surface area contributed by atoms with Gasteiger partial charge >= 0.3 is 0 Å². The predicted molar refractivity (Wildman–Crippen MR) is 94.1 cm³/mol. The van der Waals surface area contributed by atoms with Gasteiger partial charge in [0.25, 0.3) is 0 Å². The highest BCUT2D eigenvalue weighted by Crippen LogP contribution is 2.26. The molecule has 0 saturated heterocycles. The molecule has 1 aromatic heterocycles. The van der Waals surface area contributed by atoms with Crippen LogP contribution in [0.3, 0.4) is 0 Å². The van der Waals surface area contributed by atoms with Gasteiger partial charge in [-0.2, -0.15) is 5.26 Å². The molecule has 6 nitrogen and oxygen atoms in total. The number of anilines is 3. The molecule has 0 fully saturated rings. The summed E-state index contributed by atoms with van der Waals surface area (Å²) in [5.41, 5.74) is 3.16. The smallest absolute Gasteiger partial charge is 0.247 e. The molecular formula is C17H16N4O2S. The number of thiophene rings is 1. The van der Waals surface area contributed by atoms with E-state index in [0.29, 0.717) is 23.4 Å². The van der Waals surface area contributed by atoms with E-state index in [4.69, 9.17) is 5.26 Å². The van der Waals surface area contributed by atoms with Crippen molar-refractivity contribution >= 4 is 39.5 Å². The quantitative estimate of drug-likeness (QED) is 0.797. The molecule has 2 aromatic rings. The number of nitrogens with zero attached hydrogens (tertiary/aromatic N) is 1. The predicted octanol–water partition coefficient (Wildman–Crippen LogP) is 2.94. The number of amides is 2. The highest BCUT2D eigenvalue weighted by molar-refractivity contribution is 7.14. The van der Waals surface area contributed by atoms with E-state index < -0.39 is 6.04 Å². The normalized spacial score (nSPS) is 14.1. The average molecular weight is 340 g/mol. The zero-order valence-electron chi connectivity index (χ0n) is 13.1. The van der Waals surface area contributed by atoms with Gasteiger partial charge in [-0.05, 0) is 48.6 Å². The summed E-state index contributed by atoms with van der Waals surface area (Å²) in [7, 11) is 0. The van der Waals surface area contributed by atoms with Crippen molar-refractivity contribution in [3.63, 3.8) is 0 Å². The van der Waals surface area contributed by atoms with Crippen LogP contribution >= 0.6 is 11.3 Å². The molecule has 2 heterocycles. The average Bonchev–Trinajstić information content (AvgIpc) is 3.02. The van der Waals surface area contributed by atoms with Gasteiger partial charge in [-0.15, -0.1) is 11.3 Å². The summed E-state index contributed by atoms with van der Waals surface area (Å²) >= 11 is 1.32. The van der Waals surface area contributed by atoms with Crippen LogP contribution < -0.4 is 16.0 Å². The van der Waals surface area contributed by atoms with E-state index in [2.05, 4.69) is 16.0 Å². The summed E-state index contributed by atoms with van der Waals surface area (Å²) < 4.78 is 0. The molecule has 0 unspecified atom stereocenters. The van der Waals surface area contributed by atoms with Crippen LogP contribution in [-0.4, -0.2) is 17.9 Å². The van der Waals surface area contributed by atoms with E-state index in [9.17, 15) is 9.59 Å². The van der Waals surface area contributed by atoms with Crippen molar-refractivity contribution in [2.24, 2.45) is 0 Å². The standard InChI is InChI=1S/C17H16N4O2S/c1-10(16(23)21-17-12(9-18)6-7-24-17)19-13-3-4-14-11(8-13)2-5-15(22)20-14/h3-4,6-8,10,19H,2,5H2,1H3,(H,20,22)(H,21,23)/t10-/m0/s1. The van der Waals surface area contributed by atoms with Crippen LogP contribution in [0.25, 0.3) is 0 Å². The molecule has 1 aliphatic rings. The SMILES string of the molecule is C[C@H](Nc1ccc2c(c1)CCC(=O)N2)C(=O)Nc1sccc1C#N. The fraction of sp³-hybridized carbons (Fsp3) is 0.235. The molecule has 1 atom stereocenters. The molecule has 3 rings (SSSR count). The second-order valence-electron chi connectivity index (χ2n) is 5.55. The zero-order valence-corrected chi connectivity index (χ0v) is 13.9. The van der Waals surface area contributed by atoms with Crippen LogP contribution in [0.5, 0.6) is 0 Å². The number of aryl methyl sites for hydroxylation is 1. The minimum absolute atomic E-state index is 0.0280. The maximum Gasteiger partial charge on any atom is 0.247 e. The molecule has 1 aromatic carbocycles. The van der Waals surface area contributed by atoms with Gasteiger partial charge in [0.15, 0.2) is 0 Å². The van der Waals surface area contributed by atoms with Gasteiger partial charge in [0.05, 0.1) is 5.56 Å². The van der Waals surface area contributed by atoms with Crippen LogP contribution in [0, 0.1) is 11.3 Å². The van der Waals surface area contributed by atoms with Crippen LogP contribution in [-0.2, 0) is 16.0 Å². The van der Waals surface area contributed by atoms with Crippen LogP contribution in [0.2, 0.25) is 0 Å². The lowest BCUT2D eigenvalue weighted by Gasteiger charge is -2.20. The number of nitriles is 1. The Hall–Kier alpha value is -2.85. The lowest BCUT2D eigenvalue weighted by atomic mass is 10.0. The minimum Gasteiger partial charge on any atom is -0.374 e. The van der Waals surface area contributed by atoms with Crippen molar-refractivity contribution in [1.29, 1.82) is 5.26 Å². The maximum atomic E-state index is 12.3. The van der Waals surface area contributed by atoms with Gasteiger partial charge in [-0.25, -0.2) is 0 Å². The zero-order chi connectivity index (χ0) is 17.1. The third-order valence-electron chi connectivity index (χ3n) is 3.80. The topological polar surface area (TPSA) is 94.0 Å². The molecule has 0 aliphatic carbocycles. The third kappa shape index (κ3) is 3.39. The Balaban J connectivity index is 1.66. The molecule has 122 valence electrons. The Morgan fingerprint density at radius 1 is 1.38 bits per heavy atom. The summed E-state index contributed by atoms with van der Waals surface area (Å²) in [4.78, 5) is 23.7. The summed E-state index contributed by atoms with van der Waals surface area (Å²) in [6.45, 7) is 1.76. The molecule has 0 radical (unpaired) electrons. The second kappa shape index (κ2) is 6.72. The van der Waals surface area contributed by atoms with Crippen molar-refractivity contribution in [2.45, 2.75) is 25.8 Å². The van der Waals surface area contributed by atoms with Gasteiger partial charge < -0.3 is 16.0 Å². The highest BCUT2D eigenvalue weighted by Gasteiger charge is 2.18. The summed E-state index contributed by atoms with van der Waals surface area (Å²) in [6, 6.07) is 8.88. The van der Waals surface area contributed by atoms with Crippen molar-refractivity contribution in [2.75, 3.05) is 16.0 Å². The molecule has 2 amide bonds. The monoisotopic (exact) mass is 340 g/mol. The van der Waals surface area contributed by atoms with Gasteiger partial charge in [-0.1, -0.05) is 0 Å². The Morgan fingerprint density at radius 2 is 2.21 bits per heavy atom. The molecule has 3 N–H and O–H groups in total. The largest absolute Gasteiger partial charge is 0.374 e. The van der Waals surface area contributed by atoms with E-state index >= 15 is 0 Å². The number of carbonyl (C=O) groups excluding carboxylic acids is 2. The van der Waals surface area contributed by atoms with Crippen LogP contribution in [0.15, 0.2) is 29.6 Å². The van der Waals surface area contributed by atoms with Crippen LogP contribution in [0.1, 0.15) is 24.5 Å². The molecule has 1 aliphatic heterocycles. The number of rotatable bonds is 4. The fourth-order valence-corrected chi connectivity index (χ4v) is 3.24. The van der Waals surface area contributed by atoms with Gasteiger partial charge in [0, 0.05) is 17.8 Å².